The van der Waals surface area contributed by atoms with Gasteiger partial charge in [0, 0.05) is 19.2 Å². The lowest BCUT2D eigenvalue weighted by molar-refractivity contribution is 0.355. The zero-order chi connectivity index (χ0) is 21.4. The third-order valence-electron chi connectivity index (χ3n) is 5.09. The third-order valence-corrected chi connectivity index (χ3v) is 5.09. The summed E-state index contributed by atoms with van der Waals surface area (Å²) in [6.07, 6.45) is 1.51. The van der Waals surface area contributed by atoms with Gasteiger partial charge >= 0.3 is 5.69 Å². The van der Waals surface area contributed by atoms with Crippen molar-refractivity contribution in [2.45, 2.75) is 20.0 Å². The summed E-state index contributed by atoms with van der Waals surface area (Å²) in [7, 11) is 4.87. The van der Waals surface area contributed by atoms with Crippen LogP contribution in [-0.4, -0.2) is 32.9 Å². The van der Waals surface area contributed by atoms with E-state index in [1.54, 1.807) is 50.1 Å². The van der Waals surface area contributed by atoms with Crippen molar-refractivity contribution in [2.24, 2.45) is 7.05 Å². The van der Waals surface area contributed by atoms with Crippen molar-refractivity contribution in [3.63, 3.8) is 0 Å². The number of furan rings is 1. The van der Waals surface area contributed by atoms with Crippen molar-refractivity contribution in [2.75, 3.05) is 14.2 Å². The van der Waals surface area contributed by atoms with Gasteiger partial charge < -0.3 is 18.5 Å². The topological polar surface area (TPSA) is 93.4 Å². The predicted molar refractivity (Wildman–Crippen MR) is 111 cm³/mol. The lowest BCUT2D eigenvalue weighted by Crippen LogP contribution is -2.40. The van der Waals surface area contributed by atoms with E-state index < -0.39 is 11.2 Å². The highest BCUT2D eigenvalue weighted by Gasteiger charge is 2.21. The fraction of sp³-hybridized carbons (Fsp3) is 0.286. The Labute approximate surface area is 171 Å². The van der Waals surface area contributed by atoms with E-state index in [-0.39, 0.29) is 6.54 Å². The molecule has 0 bridgehead atoms. The molecule has 0 N–H and O–H groups in total. The summed E-state index contributed by atoms with van der Waals surface area (Å²) >= 11 is 0. The zero-order valence-corrected chi connectivity index (χ0v) is 17.2. The molecule has 4 rings (SSSR count). The Morgan fingerprint density at radius 2 is 1.83 bits per heavy atom. The van der Waals surface area contributed by atoms with Crippen LogP contribution in [-0.2, 0) is 20.1 Å². The molecule has 0 aliphatic rings. The molecule has 0 saturated heterocycles. The van der Waals surface area contributed by atoms with E-state index in [0.717, 1.165) is 5.56 Å². The second-order valence-electron chi connectivity index (χ2n) is 6.73. The standard InChI is InChI=1S/C21H22N4O5/c1-5-24-19-17(20(26)25(21(24)27)12-14-7-6-10-30-14)23(2)18(22-19)13-8-9-15(28-3)16(11-13)29-4/h6-11H,5,12H2,1-4H3. The summed E-state index contributed by atoms with van der Waals surface area (Å²) in [6, 6.07) is 8.84. The molecule has 0 aliphatic carbocycles. The molecule has 1 aromatic carbocycles. The molecule has 0 saturated carbocycles. The number of ether oxygens (including phenoxy) is 2. The minimum atomic E-state index is -0.427. The van der Waals surface area contributed by atoms with Gasteiger partial charge in [-0.25, -0.2) is 9.78 Å². The minimum Gasteiger partial charge on any atom is -0.493 e. The Hall–Kier alpha value is -3.75. The first-order valence-corrected chi connectivity index (χ1v) is 9.45. The zero-order valence-electron chi connectivity index (χ0n) is 17.2. The number of hydrogen-bond donors (Lipinski definition) is 0. The molecule has 0 spiro atoms. The molecule has 3 aromatic heterocycles. The van der Waals surface area contributed by atoms with Crippen LogP contribution < -0.4 is 20.7 Å². The summed E-state index contributed by atoms with van der Waals surface area (Å²) in [4.78, 5) is 30.9. The molecule has 0 amide bonds. The van der Waals surface area contributed by atoms with Gasteiger partial charge in [0.2, 0.25) is 0 Å². The van der Waals surface area contributed by atoms with Crippen LogP contribution in [0.1, 0.15) is 12.7 Å². The Kier molecular flexibility index (Phi) is 4.94. The highest BCUT2D eigenvalue weighted by atomic mass is 16.5. The SMILES string of the molecule is CCn1c(=O)n(Cc2ccco2)c(=O)c2c1nc(-c1ccc(OC)c(OC)c1)n2C. The Bertz CT molecular complexity index is 1330. The Morgan fingerprint density at radius 1 is 1.07 bits per heavy atom. The number of imidazole rings is 1. The van der Waals surface area contributed by atoms with E-state index in [4.69, 9.17) is 13.9 Å². The lowest BCUT2D eigenvalue weighted by atomic mass is 10.2. The molecule has 0 fully saturated rings. The van der Waals surface area contributed by atoms with Crippen LogP contribution in [0.5, 0.6) is 11.5 Å². The van der Waals surface area contributed by atoms with E-state index in [9.17, 15) is 9.59 Å². The number of fused-ring (bicyclic) bond motifs is 1. The summed E-state index contributed by atoms with van der Waals surface area (Å²) < 4.78 is 20.4. The molecule has 156 valence electrons. The van der Waals surface area contributed by atoms with E-state index in [0.29, 0.717) is 40.8 Å². The van der Waals surface area contributed by atoms with Crippen molar-refractivity contribution >= 4 is 11.2 Å². The summed E-state index contributed by atoms with van der Waals surface area (Å²) in [5.74, 6) is 2.20. The second kappa shape index (κ2) is 7.58. The van der Waals surface area contributed by atoms with Crippen LogP contribution in [0.4, 0.5) is 0 Å². The van der Waals surface area contributed by atoms with Crippen molar-refractivity contribution in [1.29, 1.82) is 0 Å². The minimum absolute atomic E-state index is 0.0531. The number of aromatic nitrogens is 4. The molecule has 0 aliphatic heterocycles. The Morgan fingerprint density at radius 3 is 2.47 bits per heavy atom. The van der Waals surface area contributed by atoms with E-state index in [1.807, 2.05) is 13.0 Å². The predicted octanol–water partition coefficient (Wildman–Crippen LogP) is 2.24. The lowest BCUT2D eigenvalue weighted by Gasteiger charge is -2.10. The first kappa shape index (κ1) is 19.6. The van der Waals surface area contributed by atoms with Gasteiger partial charge in [0.05, 0.1) is 27.0 Å². The average molecular weight is 410 g/mol. The van der Waals surface area contributed by atoms with Gasteiger partial charge in [-0.1, -0.05) is 0 Å². The van der Waals surface area contributed by atoms with Crippen molar-refractivity contribution < 1.29 is 13.9 Å². The molecule has 0 unspecified atom stereocenters. The van der Waals surface area contributed by atoms with Crippen LogP contribution in [0.25, 0.3) is 22.6 Å². The van der Waals surface area contributed by atoms with Gasteiger partial charge in [-0.2, -0.15) is 0 Å². The smallest absolute Gasteiger partial charge is 0.333 e. The molecule has 9 heteroatoms. The fourth-order valence-corrected chi connectivity index (χ4v) is 3.58. The summed E-state index contributed by atoms with van der Waals surface area (Å²) in [5.41, 5.74) is 0.572. The molecular weight excluding hydrogens is 388 g/mol. The summed E-state index contributed by atoms with van der Waals surface area (Å²) in [6.45, 7) is 2.26. The molecule has 3 heterocycles. The van der Waals surface area contributed by atoms with E-state index in [2.05, 4.69) is 4.98 Å². The molecule has 30 heavy (non-hydrogen) atoms. The highest BCUT2D eigenvalue weighted by molar-refractivity contribution is 5.77. The van der Waals surface area contributed by atoms with Crippen LogP contribution in [0.3, 0.4) is 0 Å². The third kappa shape index (κ3) is 2.99. The number of benzene rings is 1. The van der Waals surface area contributed by atoms with Crippen molar-refractivity contribution in [3.05, 3.63) is 63.2 Å². The molecule has 9 nitrogen and oxygen atoms in total. The molecule has 0 atom stereocenters. The van der Waals surface area contributed by atoms with Crippen LogP contribution in [0.15, 0.2) is 50.6 Å². The largest absolute Gasteiger partial charge is 0.493 e. The van der Waals surface area contributed by atoms with Crippen molar-refractivity contribution in [3.8, 4) is 22.9 Å². The van der Waals surface area contributed by atoms with Crippen LogP contribution in [0, 0.1) is 0 Å². The molecule has 4 aromatic rings. The number of aryl methyl sites for hydroxylation is 2. The number of nitrogens with zero attached hydrogens (tertiary/aromatic N) is 4. The number of methoxy groups -OCH3 is 2. The maximum absolute atomic E-state index is 13.2. The normalized spacial score (nSPS) is 11.2. The highest BCUT2D eigenvalue weighted by Crippen LogP contribution is 2.32. The van der Waals surface area contributed by atoms with Gasteiger partial charge in [0.25, 0.3) is 5.56 Å². The average Bonchev–Trinajstić information content (AvgIpc) is 3.39. The van der Waals surface area contributed by atoms with E-state index >= 15 is 0 Å². The van der Waals surface area contributed by atoms with Gasteiger partial charge in [-0.15, -0.1) is 0 Å². The monoisotopic (exact) mass is 410 g/mol. The van der Waals surface area contributed by atoms with E-state index in [1.165, 1.54) is 15.4 Å². The molecular formula is C21H22N4O5. The Balaban J connectivity index is 1.97. The van der Waals surface area contributed by atoms with Gasteiger partial charge in [0.15, 0.2) is 22.7 Å². The molecule has 0 radical (unpaired) electrons. The summed E-state index contributed by atoms with van der Waals surface area (Å²) in [5, 5.41) is 0. The first-order chi connectivity index (χ1) is 14.5. The maximum Gasteiger partial charge on any atom is 0.333 e. The van der Waals surface area contributed by atoms with Crippen molar-refractivity contribution in [1.82, 2.24) is 18.7 Å². The van der Waals surface area contributed by atoms with Gasteiger partial charge in [-0.05, 0) is 37.3 Å². The van der Waals surface area contributed by atoms with Gasteiger partial charge in [0.1, 0.15) is 11.6 Å². The maximum atomic E-state index is 13.2. The second-order valence-corrected chi connectivity index (χ2v) is 6.73. The quantitative estimate of drug-likeness (QED) is 0.484. The van der Waals surface area contributed by atoms with Crippen LogP contribution >= 0.6 is 0 Å². The fourth-order valence-electron chi connectivity index (χ4n) is 3.58. The van der Waals surface area contributed by atoms with Gasteiger partial charge in [-0.3, -0.25) is 13.9 Å². The first-order valence-electron chi connectivity index (χ1n) is 9.45. The van der Waals surface area contributed by atoms with Crippen LogP contribution in [0.2, 0.25) is 0 Å². The number of hydrogen-bond acceptors (Lipinski definition) is 6. The number of rotatable bonds is 6.